The van der Waals surface area contributed by atoms with Gasteiger partial charge in [-0.2, -0.15) is 0 Å². The van der Waals surface area contributed by atoms with Gasteiger partial charge in [0.1, 0.15) is 5.76 Å². The van der Waals surface area contributed by atoms with Gasteiger partial charge in [0.05, 0.1) is 24.1 Å². The van der Waals surface area contributed by atoms with E-state index in [1.807, 2.05) is 10.7 Å². The summed E-state index contributed by atoms with van der Waals surface area (Å²) in [5.41, 5.74) is 1.12. The molecule has 4 rings (SSSR count). The van der Waals surface area contributed by atoms with Crippen molar-refractivity contribution in [2.75, 3.05) is 5.75 Å². The predicted octanol–water partition coefficient (Wildman–Crippen LogP) is 2.67. The molecule has 0 saturated heterocycles. The number of aromatic nitrogens is 4. The molecule has 2 aliphatic carbocycles. The first kappa shape index (κ1) is 15.7. The lowest BCUT2D eigenvalue weighted by atomic mass is 9.93. The fourth-order valence-corrected chi connectivity index (χ4v) is 4.42. The van der Waals surface area contributed by atoms with Gasteiger partial charge in [-0.15, -0.1) is 5.10 Å². The summed E-state index contributed by atoms with van der Waals surface area (Å²) in [5, 5.41) is 15.8. The molecule has 1 saturated carbocycles. The average molecular weight is 347 g/mol. The Morgan fingerprint density at radius 3 is 3.08 bits per heavy atom. The maximum atomic E-state index is 12.3. The molecule has 8 heteroatoms. The first-order chi connectivity index (χ1) is 11.8. The van der Waals surface area contributed by atoms with Crippen LogP contribution in [0.2, 0.25) is 0 Å². The van der Waals surface area contributed by atoms with Crippen LogP contribution in [0.15, 0.2) is 21.9 Å². The molecule has 0 aliphatic heterocycles. The number of aryl methyl sites for hydroxylation is 1. The van der Waals surface area contributed by atoms with Crippen molar-refractivity contribution in [1.29, 1.82) is 0 Å². The van der Waals surface area contributed by atoms with E-state index in [0.29, 0.717) is 11.8 Å². The van der Waals surface area contributed by atoms with Crippen LogP contribution in [0.1, 0.15) is 61.9 Å². The number of hydrogen-bond donors (Lipinski definition) is 1. The van der Waals surface area contributed by atoms with Crippen molar-refractivity contribution in [1.82, 2.24) is 25.5 Å². The number of carbonyl (C=O) groups excluding carboxylic acids is 1. The van der Waals surface area contributed by atoms with E-state index in [9.17, 15) is 4.79 Å². The van der Waals surface area contributed by atoms with E-state index >= 15 is 0 Å². The van der Waals surface area contributed by atoms with E-state index in [4.69, 9.17) is 4.42 Å². The third-order valence-corrected chi connectivity index (χ3v) is 5.79. The molecule has 0 radical (unpaired) electrons. The predicted molar refractivity (Wildman–Crippen MR) is 88.6 cm³/mol. The number of nitrogens with zero attached hydrogens (tertiary/aromatic N) is 4. The molecule has 1 amide bonds. The number of rotatable bonds is 5. The SMILES string of the molecule is O=C(CSc1nnnn1C1CCCC1)NC1CCCc2occc21. The molecule has 1 N–H and O–H groups in total. The summed E-state index contributed by atoms with van der Waals surface area (Å²) < 4.78 is 7.36. The Morgan fingerprint density at radius 2 is 2.21 bits per heavy atom. The number of nitrogens with one attached hydrogen (secondary N) is 1. The van der Waals surface area contributed by atoms with Gasteiger partial charge in [0.25, 0.3) is 0 Å². The Balaban J connectivity index is 1.34. The maximum absolute atomic E-state index is 12.3. The van der Waals surface area contributed by atoms with Crippen LogP contribution >= 0.6 is 11.8 Å². The van der Waals surface area contributed by atoms with Crippen LogP contribution in [0.4, 0.5) is 0 Å². The fourth-order valence-electron chi connectivity index (χ4n) is 3.66. The standard InChI is InChI=1S/C16H21N5O2S/c22-15(17-13-6-3-7-14-12(13)8-9-23-14)10-24-16-18-19-20-21(16)11-4-1-2-5-11/h8-9,11,13H,1-7,10H2,(H,17,22). The van der Waals surface area contributed by atoms with Gasteiger partial charge in [0, 0.05) is 12.0 Å². The minimum Gasteiger partial charge on any atom is -0.469 e. The van der Waals surface area contributed by atoms with Gasteiger partial charge >= 0.3 is 0 Å². The van der Waals surface area contributed by atoms with Gasteiger partial charge in [-0.05, 0) is 42.2 Å². The van der Waals surface area contributed by atoms with Crippen LogP contribution in [0, 0.1) is 0 Å². The fraction of sp³-hybridized carbons (Fsp3) is 0.625. The first-order valence-corrected chi connectivity index (χ1v) is 9.56. The second-order valence-electron chi connectivity index (χ2n) is 6.44. The number of tetrazole rings is 1. The van der Waals surface area contributed by atoms with E-state index in [0.717, 1.165) is 48.6 Å². The Bertz CT molecular complexity index is 707. The van der Waals surface area contributed by atoms with Crippen LogP contribution in [-0.4, -0.2) is 31.9 Å². The molecule has 0 spiro atoms. The first-order valence-electron chi connectivity index (χ1n) is 8.57. The zero-order chi connectivity index (χ0) is 16.4. The van der Waals surface area contributed by atoms with Crippen molar-refractivity contribution in [3.8, 4) is 0 Å². The van der Waals surface area contributed by atoms with Gasteiger partial charge in [0.2, 0.25) is 11.1 Å². The number of fused-ring (bicyclic) bond motifs is 1. The third kappa shape index (κ3) is 3.19. The highest BCUT2D eigenvalue weighted by molar-refractivity contribution is 7.99. The molecule has 128 valence electrons. The number of carbonyl (C=O) groups is 1. The number of furan rings is 1. The number of hydrogen-bond acceptors (Lipinski definition) is 6. The summed E-state index contributed by atoms with van der Waals surface area (Å²) in [4.78, 5) is 12.3. The van der Waals surface area contributed by atoms with Gasteiger partial charge in [-0.1, -0.05) is 24.6 Å². The molecule has 24 heavy (non-hydrogen) atoms. The Labute approximate surface area is 144 Å². The second kappa shape index (κ2) is 6.96. The molecule has 2 aromatic rings. The Hall–Kier alpha value is -1.83. The smallest absolute Gasteiger partial charge is 0.230 e. The van der Waals surface area contributed by atoms with Gasteiger partial charge < -0.3 is 9.73 Å². The summed E-state index contributed by atoms with van der Waals surface area (Å²) in [5.74, 6) is 1.35. The van der Waals surface area contributed by atoms with E-state index in [-0.39, 0.29) is 11.9 Å². The molecule has 2 aromatic heterocycles. The van der Waals surface area contributed by atoms with Crippen LogP contribution < -0.4 is 5.32 Å². The highest BCUT2D eigenvalue weighted by atomic mass is 32.2. The van der Waals surface area contributed by atoms with Crippen LogP contribution in [0.5, 0.6) is 0 Å². The van der Waals surface area contributed by atoms with Crippen LogP contribution in [0.3, 0.4) is 0 Å². The lowest BCUT2D eigenvalue weighted by Gasteiger charge is -2.22. The summed E-state index contributed by atoms with van der Waals surface area (Å²) in [6.45, 7) is 0. The highest BCUT2D eigenvalue weighted by Crippen LogP contribution is 2.32. The second-order valence-corrected chi connectivity index (χ2v) is 7.39. The summed E-state index contributed by atoms with van der Waals surface area (Å²) in [7, 11) is 0. The summed E-state index contributed by atoms with van der Waals surface area (Å²) >= 11 is 1.41. The van der Waals surface area contributed by atoms with Gasteiger partial charge in [-0.25, -0.2) is 4.68 Å². The minimum absolute atomic E-state index is 0.0139. The molecule has 0 aromatic carbocycles. The lowest BCUT2D eigenvalue weighted by molar-refractivity contribution is -0.119. The molecule has 1 atom stereocenters. The van der Waals surface area contributed by atoms with Crippen molar-refractivity contribution < 1.29 is 9.21 Å². The molecule has 1 unspecified atom stereocenters. The van der Waals surface area contributed by atoms with Crippen molar-refractivity contribution in [2.45, 2.75) is 62.2 Å². The van der Waals surface area contributed by atoms with Crippen LogP contribution in [-0.2, 0) is 11.2 Å². The highest BCUT2D eigenvalue weighted by Gasteiger charge is 2.25. The lowest BCUT2D eigenvalue weighted by Crippen LogP contribution is -2.31. The Morgan fingerprint density at radius 1 is 1.33 bits per heavy atom. The van der Waals surface area contributed by atoms with Gasteiger partial charge in [0.15, 0.2) is 0 Å². The van der Waals surface area contributed by atoms with E-state index < -0.39 is 0 Å². The van der Waals surface area contributed by atoms with Crippen LogP contribution in [0.25, 0.3) is 0 Å². The average Bonchev–Trinajstić information content (AvgIpc) is 3.32. The quantitative estimate of drug-likeness (QED) is 0.837. The zero-order valence-electron chi connectivity index (χ0n) is 13.5. The number of thioether (sulfide) groups is 1. The monoisotopic (exact) mass is 347 g/mol. The molecule has 7 nitrogen and oxygen atoms in total. The Kier molecular flexibility index (Phi) is 4.55. The molecule has 0 bridgehead atoms. The van der Waals surface area contributed by atoms with Gasteiger partial charge in [-0.3, -0.25) is 4.79 Å². The van der Waals surface area contributed by atoms with E-state index in [2.05, 4.69) is 20.8 Å². The largest absolute Gasteiger partial charge is 0.469 e. The maximum Gasteiger partial charge on any atom is 0.230 e. The molecule has 1 fully saturated rings. The van der Waals surface area contributed by atoms with Crippen molar-refractivity contribution >= 4 is 17.7 Å². The summed E-state index contributed by atoms with van der Waals surface area (Å²) in [6, 6.07) is 2.41. The summed E-state index contributed by atoms with van der Waals surface area (Å²) in [6.07, 6.45) is 9.36. The molecular formula is C16H21N5O2S. The normalized spacial score (nSPS) is 20.9. The molecule has 2 aliphatic rings. The molecule has 2 heterocycles. The molecular weight excluding hydrogens is 326 g/mol. The topological polar surface area (TPSA) is 85.8 Å². The minimum atomic E-state index is 0.0139. The van der Waals surface area contributed by atoms with Crippen molar-refractivity contribution in [3.63, 3.8) is 0 Å². The number of amides is 1. The van der Waals surface area contributed by atoms with E-state index in [1.165, 1.54) is 24.6 Å². The third-order valence-electron chi connectivity index (χ3n) is 4.85. The van der Waals surface area contributed by atoms with E-state index in [1.54, 1.807) is 6.26 Å². The zero-order valence-corrected chi connectivity index (χ0v) is 14.3. The van der Waals surface area contributed by atoms with Crippen molar-refractivity contribution in [3.05, 3.63) is 23.7 Å². The van der Waals surface area contributed by atoms with Crippen molar-refractivity contribution in [2.24, 2.45) is 0 Å².